The fourth-order valence-corrected chi connectivity index (χ4v) is 2.85. The number of carbonyl (C=O) groups excluding carboxylic acids is 1. The molecular formula is C16H24FN3O3. The van der Waals surface area contributed by atoms with E-state index >= 15 is 0 Å². The number of ether oxygens (including phenoxy) is 1. The Bertz CT molecular complexity index is 553. The Labute approximate surface area is 135 Å². The van der Waals surface area contributed by atoms with Crippen LogP contribution in [0.25, 0.3) is 0 Å². The number of anilines is 1. The molecule has 128 valence electrons. The first-order chi connectivity index (χ1) is 10.9. The number of β-amino-alcohol motifs (C(OH)–C–C–N with tert-alkyl or cyclic N) is 1. The fraction of sp³-hybridized carbons (Fsp3) is 0.562. The monoisotopic (exact) mass is 325 g/mol. The van der Waals surface area contributed by atoms with Crippen molar-refractivity contribution in [3.05, 3.63) is 24.0 Å². The van der Waals surface area contributed by atoms with Crippen LogP contribution in [0.5, 0.6) is 5.75 Å². The molecular weight excluding hydrogens is 301 g/mol. The van der Waals surface area contributed by atoms with Gasteiger partial charge in [0.1, 0.15) is 11.4 Å². The molecule has 1 aromatic carbocycles. The highest BCUT2D eigenvalue weighted by molar-refractivity contribution is 5.91. The Kier molecular flexibility index (Phi) is 5.79. The predicted octanol–water partition coefficient (Wildman–Crippen LogP) is 1.75. The van der Waals surface area contributed by atoms with Crippen molar-refractivity contribution in [2.75, 3.05) is 38.6 Å². The Morgan fingerprint density at radius 1 is 1.52 bits per heavy atom. The van der Waals surface area contributed by atoms with Crippen LogP contribution in [-0.4, -0.2) is 66.4 Å². The van der Waals surface area contributed by atoms with E-state index in [4.69, 9.17) is 4.74 Å². The molecule has 1 aliphatic heterocycles. The third-order valence-electron chi connectivity index (χ3n) is 3.92. The van der Waals surface area contributed by atoms with E-state index in [9.17, 15) is 14.3 Å². The summed E-state index contributed by atoms with van der Waals surface area (Å²) in [5, 5.41) is 12.1. The second kappa shape index (κ2) is 7.61. The molecule has 0 spiro atoms. The maximum Gasteiger partial charge on any atom is 0.322 e. The molecule has 1 saturated heterocycles. The predicted molar refractivity (Wildman–Crippen MR) is 86.3 cm³/mol. The molecule has 6 nitrogen and oxygen atoms in total. The average molecular weight is 325 g/mol. The van der Waals surface area contributed by atoms with E-state index in [0.717, 1.165) is 0 Å². The fourth-order valence-electron chi connectivity index (χ4n) is 2.85. The SMILES string of the molecule is COc1cccc(F)c1NC(=O)N1CCN(C[C@@H](C)O)C[C@@H]1C. The van der Waals surface area contributed by atoms with Crippen molar-refractivity contribution in [3.63, 3.8) is 0 Å². The molecule has 0 saturated carbocycles. The Hall–Kier alpha value is -1.86. The van der Waals surface area contributed by atoms with Crippen LogP contribution < -0.4 is 10.1 Å². The molecule has 0 aromatic heterocycles. The van der Waals surface area contributed by atoms with E-state index in [1.165, 1.54) is 19.2 Å². The Morgan fingerprint density at radius 3 is 2.87 bits per heavy atom. The summed E-state index contributed by atoms with van der Waals surface area (Å²) in [7, 11) is 1.43. The molecule has 0 unspecified atom stereocenters. The molecule has 23 heavy (non-hydrogen) atoms. The number of rotatable bonds is 4. The summed E-state index contributed by atoms with van der Waals surface area (Å²) in [6, 6.07) is 4.03. The summed E-state index contributed by atoms with van der Waals surface area (Å²) in [6.45, 7) is 6.14. The van der Waals surface area contributed by atoms with E-state index in [-0.39, 0.29) is 17.8 Å². The summed E-state index contributed by atoms with van der Waals surface area (Å²) in [5.41, 5.74) is 0.0543. The molecule has 2 N–H and O–H groups in total. The summed E-state index contributed by atoms with van der Waals surface area (Å²) >= 11 is 0. The van der Waals surface area contributed by atoms with Gasteiger partial charge in [0.05, 0.1) is 13.2 Å². The lowest BCUT2D eigenvalue weighted by molar-refractivity contribution is 0.0691. The van der Waals surface area contributed by atoms with Gasteiger partial charge in [-0.3, -0.25) is 4.90 Å². The van der Waals surface area contributed by atoms with Crippen LogP contribution in [0.15, 0.2) is 18.2 Å². The van der Waals surface area contributed by atoms with Crippen LogP contribution in [0.2, 0.25) is 0 Å². The highest BCUT2D eigenvalue weighted by Gasteiger charge is 2.28. The lowest BCUT2D eigenvalue weighted by atomic mass is 10.2. The van der Waals surface area contributed by atoms with Crippen molar-refractivity contribution in [1.82, 2.24) is 9.80 Å². The second-order valence-electron chi connectivity index (χ2n) is 5.90. The number of methoxy groups -OCH3 is 1. The minimum Gasteiger partial charge on any atom is -0.494 e. The van der Waals surface area contributed by atoms with E-state index < -0.39 is 11.9 Å². The van der Waals surface area contributed by atoms with Gasteiger partial charge >= 0.3 is 6.03 Å². The number of hydrogen-bond acceptors (Lipinski definition) is 4. The van der Waals surface area contributed by atoms with Gasteiger partial charge in [-0.1, -0.05) is 6.07 Å². The number of aliphatic hydroxyl groups is 1. The van der Waals surface area contributed by atoms with Crippen molar-refractivity contribution in [3.8, 4) is 5.75 Å². The van der Waals surface area contributed by atoms with Gasteiger partial charge in [-0.05, 0) is 26.0 Å². The minimum absolute atomic E-state index is 0.0275. The highest BCUT2D eigenvalue weighted by Crippen LogP contribution is 2.27. The molecule has 1 aromatic rings. The number of para-hydroxylation sites is 1. The number of halogens is 1. The molecule has 1 fully saturated rings. The summed E-state index contributed by atoms with van der Waals surface area (Å²) in [6.07, 6.45) is -0.398. The highest BCUT2D eigenvalue weighted by atomic mass is 19.1. The van der Waals surface area contributed by atoms with Gasteiger partial charge < -0.3 is 20.1 Å². The van der Waals surface area contributed by atoms with Crippen LogP contribution in [0.1, 0.15) is 13.8 Å². The zero-order chi connectivity index (χ0) is 17.0. The summed E-state index contributed by atoms with van der Waals surface area (Å²) in [5.74, 6) is -0.239. The molecule has 1 heterocycles. The molecule has 0 radical (unpaired) electrons. The number of benzene rings is 1. The molecule has 1 aliphatic rings. The van der Waals surface area contributed by atoms with Crippen molar-refractivity contribution >= 4 is 11.7 Å². The van der Waals surface area contributed by atoms with Gasteiger partial charge in [0.15, 0.2) is 5.82 Å². The van der Waals surface area contributed by atoms with Crippen LogP contribution >= 0.6 is 0 Å². The zero-order valence-corrected chi connectivity index (χ0v) is 13.8. The lowest BCUT2D eigenvalue weighted by Crippen LogP contribution is -2.56. The second-order valence-corrected chi connectivity index (χ2v) is 5.90. The molecule has 2 atom stereocenters. The molecule has 0 aliphatic carbocycles. The maximum atomic E-state index is 13.9. The molecule has 2 amide bonds. The zero-order valence-electron chi connectivity index (χ0n) is 13.8. The maximum absolute atomic E-state index is 13.9. The average Bonchev–Trinajstić information content (AvgIpc) is 2.48. The Balaban J connectivity index is 2.02. The van der Waals surface area contributed by atoms with Gasteiger partial charge in [0.25, 0.3) is 0 Å². The number of urea groups is 1. The first-order valence-corrected chi connectivity index (χ1v) is 7.73. The van der Waals surface area contributed by atoms with Crippen molar-refractivity contribution in [2.45, 2.75) is 26.0 Å². The van der Waals surface area contributed by atoms with Gasteiger partial charge in [0.2, 0.25) is 0 Å². The first kappa shape index (κ1) is 17.5. The number of carbonyl (C=O) groups is 1. The molecule has 2 rings (SSSR count). The van der Waals surface area contributed by atoms with E-state index in [1.54, 1.807) is 17.9 Å². The van der Waals surface area contributed by atoms with E-state index in [2.05, 4.69) is 10.2 Å². The van der Waals surface area contributed by atoms with Crippen LogP contribution in [-0.2, 0) is 0 Å². The van der Waals surface area contributed by atoms with Gasteiger partial charge in [-0.15, -0.1) is 0 Å². The van der Waals surface area contributed by atoms with Crippen molar-refractivity contribution in [1.29, 1.82) is 0 Å². The quantitative estimate of drug-likeness (QED) is 0.885. The number of hydrogen-bond donors (Lipinski definition) is 2. The first-order valence-electron chi connectivity index (χ1n) is 7.73. The topological polar surface area (TPSA) is 65.0 Å². The molecule has 7 heteroatoms. The van der Waals surface area contributed by atoms with Gasteiger partial charge in [0, 0.05) is 32.2 Å². The number of amides is 2. The Morgan fingerprint density at radius 2 is 2.26 bits per heavy atom. The van der Waals surface area contributed by atoms with Crippen molar-refractivity contribution < 1.29 is 19.0 Å². The number of aliphatic hydroxyl groups excluding tert-OH is 1. The smallest absolute Gasteiger partial charge is 0.322 e. The summed E-state index contributed by atoms with van der Waals surface area (Å²) in [4.78, 5) is 16.2. The largest absolute Gasteiger partial charge is 0.494 e. The van der Waals surface area contributed by atoms with Crippen LogP contribution in [0.4, 0.5) is 14.9 Å². The standard InChI is InChI=1S/C16H24FN3O3/c1-11-9-19(10-12(2)21)7-8-20(11)16(22)18-15-13(17)5-4-6-14(15)23-3/h4-6,11-12,21H,7-10H2,1-3H3,(H,18,22)/t11-,12+/m0/s1. The van der Waals surface area contributed by atoms with Gasteiger partial charge in [-0.25, -0.2) is 9.18 Å². The minimum atomic E-state index is -0.530. The number of nitrogens with one attached hydrogen (secondary N) is 1. The lowest BCUT2D eigenvalue weighted by Gasteiger charge is -2.40. The number of piperazine rings is 1. The third kappa shape index (κ3) is 4.33. The van der Waals surface area contributed by atoms with Crippen molar-refractivity contribution in [2.24, 2.45) is 0 Å². The summed E-state index contributed by atoms with van der Waals surface area (Å²) < 4.78 is 19.0. The van der Waals surface area contributed by atoms with E-state index in [1.807, 2.05) is 6.92 Å². The third-order valence-corrected chi connectivity index (χ3v) is 3.92. The van der Waals surface area contributed by atoms with Crippen LogP contribution in [0, 0.1) is 5.82 Å². The molecule has 0 bridgehead atoms. The van der Waals surface area contributed by atoms with Gasteiger partial charge in [-0.2, -0.15) is 0 Å². The normalized spacial score (nSPS) is 20.2. The number of nitrogens with zero attached hydrogens (tertiary/aromatic N) is 2. The van der Waals surface area contributed by atoms with Crippen LogP contribution in [0.3, 0.4) is 0 Å². The van der Waals surface area contributed by atoms with E-state index in [0.29, 0.717) is 31.9 Å².